The number of fused-ring (bicyclic) bond motifs is 2. The number of Topliss-reactive ketones (excluding diaryl/α,β-unsaturated/α-hetero) is 1. The standard InChI is InChI=1S/C28H21NO5/c30-26(19-10-11-23-18(15-19)12-14-34-23)24-25(22-9-3-6-17-5-1-2-8-21(17)22)29(28(32)27(24)31)16-20-7-4-13-33-20/h1-11,13,15,25,30H,12,14,16H2/b26-24-. The Labute approximate surface area is 195 Å². The third-order valence-electron chi connectivity index (χ3n) is 6.53. The van der Waals surface area contributed by atoms with Crippen LogP contribution < -0.4 is 4.74 Å². The number of furan rings is 1. The first-order valence-electron chi connectivity index (χ1n) is 11.2. The summed E-state index contributed by atoms with van der Waals surface area (Å²) in [6.07, 6.45) is 2.27. The summed E-state index contributed by atoms with van der Waals surface area (Å²) in [6, 6.07) is 21.7. The van der Waals surface area contributed by atoms with Gasteiger partial charge in [0, 0.05) is 12.0 Å². The van der Waals surface area contributed by atoms with Crippen LogP contribution in [0.4, 0.5) is 0 Å². The normalized spacial score (nSPS) is 18.9. The van der Waals surface area contributed by atoms with E-state index in [0.29, 0.717) is 17.9 Å². The average Bonchev–Trinajstić information content (AvgIpc) is 3.60. The van der Waals surface area contributed by atoms with E-state index in [0.717, 1.165) is 34.1 Å². The number of aliphatic hydroxyl groups is 1. The van der Waals surface area contributed by atoms with Gasteiger partial charge in [0.05, 0.1) is 31.0 Å². The first-order chi connectivity index (χ1) is 16.6. The number of carbonyl (C=O) groups is 2. The van der Waals surface area contributed by atoms with Crippen LogP contribution in [0.3, 0.4) is 0 Å². The van der Waals surface area contributed by atoms with Crippen LogP contribution in [0.5, 0.6) is 5.75 Å². The maximum absolute atomic E-state index is 13.3. The lowest BCUT2D eigenvalue weighted by Gasteiger charge is -2.25. The van der Waals surface area contributed by atoms with Gasteiger partial charge in [-0.3, -0.25) is 9.59 Å². The molecule has 6 heteroatoms. The molecular formula is C28H21NO5. The first-order valence-corrected chi connectivity index (χ1v) is 11.2. The Kier molecular flexibility index (Phi) is 4.73. The van der Waals surface area contributed by atoms with Crippen molar-refractivity contribution >= 4 is 28.2 Å². The molecule has 2 aliphatic rings. The molecule has 1 atom stereocenters. The molecule has 1 aromatic heterocycles. The molecule has 6 rings (SSSR count). The van der Waals surface area contributed by atoms with Crippen LogP contribution >= 0.6 is 0 Å². The SMILES string of the molecule is O=C1C(=O)N(Cc2ccco2)C(c2cccc3ccccc23)/C1=C(/O)c1ccc2c(c1)CCO2. The Morgan fingerprint density at radius 1 is 1.00 bits per heavy atom. The first kappa shape index (κ1) is 20.3. The molecule has 0 radical (unpaired) electrons. The summed E-state index contributed by atoms with van der Waals surface area (Å²) >= 11 is 0. The summed E-state index contributed by atoms with van der Waals surface area (Å²) < 4.78 is 11.1. The van der Waals surface area contributed by atoms with Gasteiger partial charge in [-0.05, 0) is 52.2 Å². The lowest BCUT2D eigenvalue weighted by atomic mass is 9.91. The Hall–Kier alpha value is -4.32. The molecule has 3 heterocycles. The van der Waals surface area contributed by atoms with E-state index in [2.05, 4.69) is 0 Å². The maximum Gasteiger partial charge on any atom is 0.296 e. The monoisotopic (exact) mass is 451 g/mol. The van der Waals surface area contributed by atoms with E-state index in [4.69, 9.17) is 9.15 Å². The predicted molar refractivity (Wildman–Crippen MR) is 126 cm³/mol. The quantitative estimate of drug-likeness (QED) is 0.269. The van der Waals surface area contributed by atoms with E-state index in [1.165, 1.54) is 11.2 Å². The zero-order valence-corrected chi connectivity index (χ0v) is 18.2. The highest BCUT2D eigenvalue weighted by atomic mass is 16.5. The van der Waals surface area contributed by atoms with Crippen LogP contribution in [-0.2, 0) is 22.6 Å². The summed E-state index contributed by atoms with van der Waals surface area (Å²) in [4.78, 5) is 28.1. The zero-order valence-electron chi connectivity index (χ0n) is 18.2. The highest BCUT2D eigenvalue weighted by molar-refractivity contribution is 6.46. The zero-order chi connectivity index (χ0) is 23.2. The van der Waals surface area contributed by atoms with Crippen molar-refractivity contribution in [2.75, 3.05) is 6.61 Å². The number of rotatable bonds is 4. The third kappa shape index (κ3) is 3.18. The largest absolute Gasteiger partial charge is 0.507 e. The number of likely N-dealkylation sites (tertiary alicyclic amines) is 1. The molecule has 0 bridgehead atoms. The molecule has 34 heavy (non-hydrogen) atoms. The van der Waals surface area contributed by atoms with Crippen molar-refractivity contribution < 1.29 is 23.8 Å². The van der Waals surface area contributed by atoms with Crippen molar-refractivity contribution in [3.05, 3.63) is 107 Å². The van der Waals surface area contributed by atoms with Gasteiger partial charge in [-0.1, -0.05) is 42.5 Å². The van der Waals surface area contributed by atoms with Crippen LogP contribution in [-0.4, -0.2) is 28.3 Å². The molecule has 1 saturated heterocycles. The smallest absolute Gasteiger partial charge is 0.296 e. The van der Waals surface area contributed by atoms with Gasteiger partial charge in [0.1, 0.15) is 17.3 Å². The fraction of sp³-hybridized carbons (Fsp3) is 0.143. The highest BCUT2D eigenvalue weighted by Crippen LogP contribution is 2.43. The van der Waals surface area contributed by atoms with Crippen molar-refractivity contribution in [3.8, 4) is 5.75 Å². The van der Waals surface area contributed by atoms with Gasteiger partial charge < -0.3 is 19.2 Å². The summed E-state index contributed by atoms with van der Waals surface area (Å²) in [5, 5.41) is 13.3. The topological polar surface area (TPSA) is 80.0 Å². The molecule has 4 aromatic rings. The number of amides is 1. The predicted octanol–water partition coefficient (Wildman–Crippen LogP) is 4.99. The van der Waals surface area contributed by atoms with Gasteiger partial charge in [0.2, 0.25) is 0 Å². The van der Waals surface area contributed by atoms with E-state index >= 15 is 0 Å². The van der Waals surface area contributed by atoms with Gasteiger partial charge in [-0.2, -0.15) is 0 Å². The Bertz CT molecular complexity index is 1460. The van der Waals surface area contributed by atoms with Crippen molar-refractivity contribution in [1.29, 1.82) is 0 Å². The van der Waals surface area contributed by atoms with Crippen LogP contribution in [0.2, 0.25) is 0 Å². The van der Waals surface area contributed by atoms with Crippen molar-refractivity contribution in [2.45, 2.75) is 19.0 Å². The van der Waals surface area contributed by atoms with Crippen molar-refractivity contribution in [2.24, 2.45) is 0 Å². The van der Waals surface area contributed by atoms with E-state index in [-0.39, 0.29) is 17.9 Å². The average molecular weight is 451 g/mol. The lowest BCUT2D eigenvalue weighted by Crippen LogP contribution is -2.29. The molecule has 6 nitrogen and oxygen atoms in total. The number of carbonyl (C=O) groups excluding carboxylic acids is 2. The summed E-state index contributed by atoms with van der Waals surface area (Å²) in [6.45, 7) is 0.698. The number of nitrogens with zero attached hydrogens (tertiary/aromatic N) is 1. The van der Waals surface area contributed by atoms with Crippen LogP contribution in [0.25, 0.3) is 16.5 Å². The molecule has 168 valence electrons. The molecule has 1 amide bonds. The van der Waals surface area contributed by atoms with E-state index in [1.54, 1.807) is 24.3 Å². The number of ketones is 1. The molecule has 2 aliphatic heterocycles. The van der Waals surface area contributed by atoms with Crippen molar-refractivity contribution in [1.82, 2.24) is 4.90 Å². The molecular weight excluding hydrogens is 430 g/mol. The molecule has 1 fully saturated rings. The second-order valence-corrected chi connectivity index (χ2v) is 8.50. The third-order valence-corrected chi connectivity index (χ3v) is 6.53. The molecule has 0 saturated carbocycles. The minimum absolute atomic E-state index is 0.0757. The molecule has 0 aliphatic carbocycles. The number of hydrogen-bond donors (Lipinski definition) is 1. The lowest BCUT2D eigenvalue weighted by molar-refractivity contribution is -0.140. The second kappa shape index (κ2) is 7.92. The maximum atomic E-state index is 13.3. The Morgan fingerprint density at radius 2 is 1.85 bits per heavy atom. The van der Waals surface area contributed by atoms with Crippen molar-refractivity contribution in [3.63, 3.8) is 0 Å². The van der Waals surface area contributed by atoms with Gasteiger partial charge in [-0.15, -0.1) is 0 Å². The number of hydrogen-bond acceptors (Lipinski definition) is 5. The summed E-state index contributed by atoms with van der Waals surface area (Å²) in [5.74, 6) is -0.228. The molecule has 1 N–H and O–H groups in total. The minimum atomic E-state index is -0.763. The fourth-order valence-corrected chi connectivity index (χ4v) is 4.92. The minimum Gasteiger partial charge on any atom is -0.507 e. The number of aliphatic hydroxyl groups excluding tert-OH is 1. The fourth-order valence-electron chi connectivity index (χ4n) is 4.92. The van der Waals surface area contributed by atoms with Crippen LogP contribution in [0.1, 0.15) is 28.5 Å². The van der Waals surface area contributed by atoms with E-state index in [1.807, 2.05) is 48.5 Å². The van der Waals surface area contributed by atoms with Gasteiger partial charge >= 0.3 is 0 Å². The molecule has 1 unspecified atom stereocenters. The van der Waals surface area contributed by atoms with Gasteiger partial charge in [0.15, 0.2) is 0 Å². The van der Waals surface area contributed by atoms with Gasteiger partial charge in [0.25, 0.3) is 11.7 Å². The summed E-state index contributed by atoms with van der Waals surface area (Å²) in [5.41, 5.74) is 2.31. The van der Waals surface area contributed by atoms with Gasteiger partial charge in [-0.25, -0.2) is 0 Å². The van der Waals surface area contributed by atoms with Crippen LogP contribution in [0, 0.1) is 0 Å². The number of ether oxygens (including phenoxy) is 1. The van der Waals surface area contributed by atoms with E-state index in [9.17, 15) is 14.7 Å². The highest BCUT2D eigenvalue weighted by Gasteiger charge is 2.46. The second-order valence-electron chi connectivity index (χ2n) is 8.50. The molecule has 3 aromatic carbocycles. The summed E-state index contributed by atoms with van der Waals surface area (Å²) in [7, 11) is 0. The Morgan fingerprint density at radius 3 is 2.71 bits per heavy atom. The molecule has 0 spiro atoms. The van der Waals surface area contributed by atoms with E-state index < -0.39 is 17.7 Å². The number of benzene rings is 3. The Balaban J connectivity index is 1.56. The van der Waals surface area contributed by atoms with Crippen LogP contribution in [0.15, 0.2) is 89.0 Å².